The molecule has 0 fully saturated rings. The first-order valence-electron chi connectivity index (χ1n) is 4.62. The van der Waals surface area contributed by atoms with Crippen LogP contribution in [0, 0.1) is 6.92 Å². The monoisotopic (exact) mass is 261 g/mol. The lowest BCUT2D eigenvalue weighted by atomic mass is 10.2. The van der Waals surface area contributed by atoms with Gasteiger partial charge in [0.25, 0.3) is 9.05 Å². The van der Waals surface area contributed by atoms with Gasteiger partial charge in [-0.1, -0.05) is 6.07 Å². The molecule has 6 heteroatoms. The number of benzene rings is 1. The van der Waals surface area contributed by atoms with Gasteiger partial charge in [0.2, 0.25) is 6.34 Å². The highest BCUT2D eigenvalue weighted by Gasteiger charge is 2.17. The molecule has 0 radical (unpaired) electrons. The van der Waals surface area contributed by atoms with E-state index in [4.69, 9.17) is 10.7 Å². The zero-order chi connectivity index (χ0) is 12.3. The smallest absolute Gasteiger partial charge is 0.265 e. The second kappa shape index (κ2) is 4.84. The predicted molar refractivity (Wildman–Crippen MR) is 66.0 cm³/mol. The molecule has 0 aromatic heterocycles. The van der Waals surface area contributed by atoms with Gasteiger partial charge in [0.05, 0.1) is 14.1 Å². The zero-order valence-corrected chi connectivity index (χ0v) is 10.9. The van der Waals surface area contributed by atoms with E-state index in [0.29, 0.717) is 5.69 Å². The Morgan fingerprint density at radius 3 is 2.50 bits per heavy atom. The minimum Gasteiger partial charge on any atom is -0.273 e. The third-order valence-electron chi connectivity index (χ3n) is 1.88. The van der Waals surface area contributed by atoms with Crippen molar-refractivity contribution in [3.63, 3.8) is 0 Å². The number of halogens is 1. The fraction of sp³-hybridized carbons (Fsp3) is 0.300. The van der Waals surface area contributed by atoms with Crippen molar-refractivity contribution in [2.45, 2.75) is 11.8 Å². The van der Waals surface area contributed by atoms with Crippen molar-refractivity contribution in [2.24, 2.45) is 0 Å². The molecule has 16 heavy (non-hydrogen) atoms. The van der Waals surface area contributed by atoms with E-state index < -0.39 is 9.05 Å². The molecule has 0 atom stereocenters. The summed E-state index contributed by atoms with van der Waals surface area (Å²) in [4.78, 5) is 0.0901. The molecular formula is C10H14ClN2O2S+. The number of hydrogen-bond acceptors (Lipinski definition) is 2. The Kier molecular flexibility index (Phi) is 3.93. The van der Waals surface area contributed by atoms with Crippen LogP contribution in [0.1, 0.15) is 5.56 Å². The van der Waals surface area contributed by atoms with Gasteiger partial charge < -0.3 is 0 Å². The number of rotatable bonds is 3. The Balaban J connectivity index is 3.24. The summed E-state index contributed by atoms with van der Waals surface area (Å²) >= 11 is 0. The summed E-state index contributed by atoms with van der Waals surface area (Å²) in [6.45, 7) is 1.81. The number of nitrogens with one attached hydrogen (secondary N) is 1. The minimum absolute atomic E-state index is 0.0901. The van der Waals surface area contributed by atoms with E-state index in [9.17, 15) is 8.42 Å². The summed E-state index contributed by atoms with van der Waals surface area (Å²) in [5.41, 5.74) is 1.31. The summed E-state index contributed by atoms with van der Waals surface area (Å²) in [6.07, 6.45) is 1.65. The van der Waals surface area contributed by atoms with Gasteiger partial charge in [-0.3, -0.25) is 4.58 Å². The van der Waals surface area contributed by atoms with Gasteiger partial charge >= 0.3 is 0 Å². The van der Waals surface area contributed by atoms with Crippen molar-refractivity contribution in [3.8, 4) is 0 Å². The van der Waals surface area contributed by atoms with E-state index in [1.165, 1.54) is 6.07 Å². The highest BCUT2D eigenvalue weighted by atomic mass is 35.7. The Bertz CT molecular complexity index is 520. The quantitative estimate of drug-likeness (QED) is 0.389. The number of anilines is 1. The maximum Gasteiger partial charge on any atom is 0.265 e. The van der Waals surface area contributed by atoms with Crippen LogP contribution in [0.15, 0.2) is 23.1 Å². The van der Waals surface area contributed by atoms with Crippen LogP contribution in [-0.2, 0) is 9.05 Å². The zero-order valence-electron chi connectivity index (χ0n) is 9.36. The molecule has 0 saturated carbocycles. The van der Waals surface area contributed by atoms with Gasteiger partial charge in [0, 0.05) is 10.7 Å². The molecule has 0 aliphatic heterocycles. The minimum atomic E-state index is -3.73. The lowest BCUT2D eigenvalue weighted by molar-refractivity contribution is -0.459. The summed E-state index contributed by atoms with van der Waals surface area (Å²) in [7, 11) is 5.28. The Morgan fingerprint density at radius 1 is 1.38 bits per heavy atom. The van der Waals surface area contributed by atoms with E-state index in [-0.39, 0.29) is 4.90 Å². The van der Waals surface area contributed by atoms with Gasteiger partial charge in [0.1, 0.15) is 10.6 Å². The van der Waals surface area contributed by atoms with Crippen molar-refractivity contribution in [2.75, 3.05) is 19.4 Å². The SMILES string of the molecule is Cc1ccc(NC=[N+](C)C)c(S(=O)(=O)Cl)c1. The van der Waals surface area contributed by atoms with E-state index in [2.05, 4.69) is 5.32 Å². The van der Waals surface area contributed by atoms with Crippen molar-refractivity contribution in [3.05, 3.63) is 23.8 Å². The third kappa shape index (κ3) is 3.50. The molecule has 1 aromatic carbocycles. The number of aryl methyl sites for hydroxylation is 1. The first kappa shape index (κ1) is 13.0. The van der Waals surface area contributed by atoms with Gasteiger partial charge in [-0.25, -0.2) is 13.7 Å². The van der Waals surface area contributed by atoms with Crippen molar-refractivity contribution >= 4 is 31.8 Å². The fourth-order valence-electron chi connectivity index (χ4n) is 1.15. The second-order valence-corrected chi connectivity index (χ2v) is 6.21. The highest BCUT2D eigenvalue weighted by Crippen LogP contribution is 2.25. The van der Waals surface area contributed by atoms with E-state index in [0.717, 1.165) is 5.56 Å². The predicted octanol–water partition coefficient (Wildman–Crippen LogP) is 1.63. The molecule has 0 bridgehead atoms. The van der Waals surface area contributed by atoms with Crippen LogP contribution in [0.3, 0.4) is 0 Å². The summed E-state index contributed by atoms with van der Waals surface area (Å²) < 4.78 is 24.5. The summed E-state index contributed by atoms with van der Waals surface area (Å²) in [5.74, 6) is 0. The van der Waals surface area contributed by atoms with Gasteiger partial charge in [0.15, 0.2) is 0 Å². The molecule has 0 aliphatic carbocycles. The first-order valence-corrected chi connectivity index (χ1v) is 6.93. The molecule has 0 saturated heterocycles. The molecule has 88 valence electrons. The average molecular weight is 262 g/mol. The third-order valence-corrected chi connectivity index (χ3v) is 3.24. The molecule has 0 spiro atoms. The van der Waals surface area contributed by atoms with Crippen LogP contribution in [0.5, 0.6) is 0 Å². The van der Waals surface area contributed by atoms with E-state index in [1.54, 1.807) is 17.0 Å². The number of hydrogen-bond donors (Lipinski definition) is 1. The molecule has 0 heterocycles. The lowest BCUT2D eigenvalue weighted by Crippen LogP contribution is -2.09. The topological polar surface area (TPSA) is 49.2 Å². The second-order valence-electron chi connectivity index (χ2n) is 3.67. The van der Waals surface area contributed by atoms with Crippen LogP contribution in [0.25, 0.3) is 0 Å². The first-order chi connectivity index (χ1) is 7.30. The standard InChI is InChI=1S/C10H13ClN2O2S/c1-8-4-5-9(12-7-13(2)3)10(6-8)16(11,14)15/h4-7H,1-3H3/p+1. The fourth-order valence-corrected chi connectivity index (χ4v) is 2.25. The lowest BCUT2D eigenvalue weighted by Gasteiger charge is -2.03. The molecule has 4 nitrogen and oxygen atoms in total. The Morgan fingerprint density at radius 2 is 2.00 bits per heavy atom. The normalized spacial score (nSPS) is 11.0. The maximum atomic E-state index is 11.3. The van der Waals surface area contributed by atoms with E-state index in [1.807, 2.05) is 27.1 Å². The Hall–Kier alpha value is -1.07. The maximum absolute atomic E-state index is 11.3. The average Bonchev–Trinajstić information content (AvgIpc) is 2.14. The summed E-state index contributed by atoms with van der Waals surface area (Å²) in [5, 5.41) is 2.88. The molecule has 1 N–H and O–H groups in total. The molecule has 0 amide bonds. The van der Waals surface area contributed by atoms with Crippen molar-refractivity contribution in [1.29, 1.82) is 0 Å². The highest BCUT2D eigenvalue weighted by molar-refractivity contribution is 8.13. The summed E-state index contributed by atoms with van der Waals surface area (Å²) in [6, 6.07) is 5.04. The van der Waals surface area contributed by atoms with Crippen LogP contribution < -0.4 is 5.32 Å². The Labute approximate surface area is 100.0 Å². The molecular weight excluding hydrogens is 248 g/mol. The number of nitrogens with zero attached hydrogens (tertiary/aromatic N) is 1. The molecule has 0 unspecified atom stereocenters. The largest absolute Gasteiger partial charge is 0.273 e. The van der Waals surface area contributed by atoms with Crippen LogP contribution in [-0.4, -0.2) is 33.4 Å². The molecule has 0 aliphatic rings. The van der Waals surface area contributed by atoms with Gasteiger partial charge in [-0.05, 0) is 24.6 Å². The van der Waals surface area contributed by atoms with Crippen LogP contribution in [0.4, 0.5) is 5.69 Å². The van der Waals surface area contributed by atoms with Crippen LogP contribution in [0.2, 0.25) is 0 Å². The van der Waals surface area contributed by atoms with Gasteiger partial charge in [-0.15, -0.1) is 0 Å². The van der Waals surface area contributed by atoms with E-state index >= 15 is 0 Å². The van der Waals surface area contributed by atoms with Gasteiger partial charge in [-0.2, -0.15) is 0 Å². The van der Waals surface area contributed by atoms with Crippen molar-refractivity contribution in [1.82, 2.24) is 0 Å². The van der Waals surface area contributed by atoms with Crippen molar-refractivity contribution < 1.29 is 13.0 Å². The molecule has 1 aromatic rings. The van der Waals surface area contributed by atoms with Crippen LogP contribution >= 0.6 is 10.7 Å². The molecule has 1 rings (SSSR count).